The molecule has 1 unspecified atom stereocenters. The number of aromatic amines is 1. The number of nitrogens with one attached hydrogen (secondary N) is 1. The maximum absolute atomic E-state index is 11.8. The zero-order chi connectivity index (χ0) is 15.8. The highest BCUT2D eigenvalue weighted by Gasteiger charge is 2.57. The molecule has 114 valence electrons. The Labute approximate surface area is 128 Å². The fourth-order valence-corrected chi connectivity index (χ4v) is 2.62. The standard InChI is InChI=1S/C11H11Cl2N3O5/c1-5(17)6-7(18)11(13,2-3-12)8(21-6)16-4-14-9(19)15-10(16)20/h4-8,17-18H,1H3,(H,15,19,20)/t5-,6+,7-,8+,11?/m0/s1. The van der Waals surface area contributed by atoms with Crippen LogP contribution in [0.25, 0.3) is 0 Å². The van der Waals surface area contributed by atoms with Crippen LogP contribution < -0.4 is 11.4 Å². The molecule has 2 heterocycles. The molecule has 10 heteroatoms. The topological polar surface area (TPSA) is 117 Å². The van der Waals surface area contributed by atoms with E-state index in [0.717, 1.165) is 10.9 Å². The van der Waals surface area contributed by atoms with Gasteiger partial charge in [-0.25, -0.2) is 9.59 Å². The van der Waals surface area contributed by atoms with E-state index < -0.39 is 40.8 Å². The van der Waals surface area contributed by atoms with Gasteiger partial charge in [0, 0.05) is 5.38 Å². The highest BCUT2D eigenvalue weighted by atomic mass is 35.5. The fraction of sp³-hybridized carbons (Fsp3) is 0.545. The molecule has 21 heavy (non-hydrogen) atoms. The number of rotatable bonds is 2. The Morgan fingerprint density at radius 2 is 2.29 bits per heavy atom. The maximum Gasteiger partial charge on any atom is 0.350 e. The van der Waals surface area contributed by atoms with Gasteiger partial charge in [0.05, 0.1) is 6.10 Å². The third kappa shape index (κ3) is 2.71. The molecule has 1 aromatic rings. The van der Waals surface area contributed by atoms with E-state index in [2.05, 4.69) is 10.9 Å². The molecule has 0 bridgehead atoms. The number of alkyl halides is 1. The van der Waals surface area contributed by atoms with E-state index in [1.54, 1.807) is 0 Å². The van der Waals surface area contributed by atoms with E-state index in [4.69, 9.17) is 27.9 Å². The van der Waals surface area contributed by atoms with Crippen molar-refractivity contribution in [1.82, 2.24) is 14.5 Å². The molecule has 1 aromatic heterocycles. The van der Waals surface area contributed by atoms with Crippen LogP contribution in [0.15, 0.2) is 15.9 Å². The molecular weight excluding hydrogens is 325 g/mol. The SMILES string of the molecule is C[C@H](O)[C@H]1O[C@@H](n2cnc(=O)[nH]c2=O)C(Cl)(C#CCl)[C@H]1O. The van der Waals surface area contributed by atoms with Crippen molar-refractivity contribution in [1.29, 1.82) is 0 Å². The smallest absolute Gasteiger partial charge is 0.350 e. The van der Waals surface area contributed by atoms with E-state index in [1.807, 2.05) is 10.4 Å². The summed E-state index contributed by atoms with van der Waals surface area (Å²) in [5, 5.41) is 21.8. The molecule has 0 radical (unpaired) electrons. The number of aromatic nitrogens is 3. The van der Waals surface area contributed by atoms with Gasteiger partial charge in [0.2, 0.25) is 0 Å². The molecule has 1 saturated heterocycles. The zero-order valence-electron chi connectivity index (χ0n) is 10.7. The fourth-order valence-electron chi connectivity index (χ4n) is 2.08. The highest BCUT2D eigenvalue weighted by Crippen LogP contribution is 2.43. The Kier molecular flexibility index (Phi) is 4.41. The Morgan fingerprint density at radius 3 is 2.81 bits per heavy atom. The number of H-pyrrole nitrogens is 1. The van der Waals surface area contributed by atoms with Crippen LogP contribution in [0.4, 0.5) is 0 Å². The number of aliphatic hydroxyl groups is 2. The van der Waals surface area contributed by atoms with E-state index in [1.165, 1.54) is 6.92 Å². The molecule has 0 spiro atoms. The van der Waals surface area contributed by atoms with Crippen LogP contribution in [-0.2, 0) is 4.74 Å². The van der Waals surface area contributed by atoms with Gasteiger partial charge in [0.1, 0.15) is 18.5 Å². The first-order valence-corrected chi connectivity index (χ1v) is 6.57. The first-order valence-electron chi connectivity index (χ1n) is 5.82. The van der Waals surface area contributed by atoms with Crippen molar-refractivity contribution < 1.29 is 14.9 Å². The molecule has 0 saturated carbocycles. The van der Waals surface area contributed by atoms with Gasteiger partial charge in [-0.1, -0.05) is 17.5 Å². The number of nitrogens with zero attached hydrogens (tertiary/aromatic N) is 2. The molecule has 3 N–H and O–H groups in total. The Hall–Kier alpha value is -1.37. The van der Waals surface area contributed by atoms with Crippen molar-refractivity contribution in [3.63, 3.8) is 0 Å². The largest absolute Gasteiger partial charge is 0.391 e. The second-order valence-corrected chi connectivity index (χ2v) is 5.33. The second-order valence-electron chi connectivity index (χ2n) is 4.51. The molecular formula is C11H11Cl2N3O5. The highest BCUT2D eigenvalue weighted by molar-refractivity contribution is 6.32. The van der Waals surface area contributed by atoms with Crippen LogP contribution in [0.2, 0.25) is 0 Å². The molecule has 1 aliphatic heterocycles. The lowest BCUT2D eigenvalue weighted by atomic mass is 9.97. The van der Waals surface area contributed by atoms with Crippen molar-refractivity contribution in [3.05, 3.63) is 27.3 Å². The van der Waals surface area contributed by atoms with Gasteiger partial charge < -0.3 is 14.9 Å². The Balaban J connectivity index is 2.56. The average molecular weight is 336 g/mol. The lowest BCUT2D eigenvalue weighted by molar-refractivity contribution is -0.0776. The quantitative estimate of drug-likeness (QED) is 0.459. The summed E-state index contributed by atoms with van der Waals surface area (Å²) in [6.07, 6.45) is -3.97. The van der Waals surface area contributed by atoms with Gasteiger partial charge in [0.25, 0.3) is 0 Å². The summed E-state index contributed by atoms with van der Waals surface area (Å²) in [6.45, 7) is 1.38. The van der Waals surface area contributed by atoms with Crippen LogP contribution in [-0.4, -0.2) is 47.9 Å². The molecule has 0 aliphatic carbocycles. The van der Waals surface area contributed by atoms with Gasteiger partial charge in [-0.15, -0.1) is 0 Å². The van der Waals surface area contributed by atoms with Crippen LogP contribution in [0.5, 0.6) is 0 Å². The number of halogens is 2. The second kappa shape index (κ2) is 5.79. The minimum Gasteiger partial charge on any atom is -0.391 e. The summed E-state index contributed by atoms with van der Waals surface area (Å²) in [5.74, 6) is 2.36. The monoisotopic (exact) mass is 335 g/mol. The maximum atomic E-state index is 11.8. The van der Waals surface area contributed by atoms with Crippen molar-refractivity contribution in [2.45, 2.75) is 36.3 Å². The summed E-state index contributed by atoms with van der Waals surface area (Å²) in [5.41, 5.74) is -1.69. The summed E-state index contributed by atoms with van der Waals surface area (Å²) >= 11 is 11.6. The molecule has 2 rings (SSSR count). The van der Waals surface area contributed by atoms with E-state index >= 15 is 0 Å². The normalized spacial score (nSPS) is 33.3. The first-order chi connectivity index (χ1) is 9.81. The summed E-state index contributed by atoms with van der Waals surface area (Å²) in [4.78, 5) is 26.3. The van der Waals surface area contributed by atoms with Crippen molar-refractivity contribution in [2.24, 2.45) is 0 Å². The molecule has 1 fully saturated rings. The van der Waals surface area contributed by atoms with Crippen LogP contribution in [0.3, 0.4) is 0 Å². The van der Waals surface area contributed by atoms with Crippen LogP contribution in [0.1, 0.15) is 13.2 Å². The molecule has 8 nitrogen and oxygen atoms in total. The number of ether oxygens (including phenoxy) is 1. The molecule has 5 atom stereocenters. The van der Waals surface area contributed by atoms with Crippen molar-refractivity contribution in [2.75, 3.05) is 0 Å². The minimum absolute atomic E-state index is 0.842. The third-order valence-corrected chi connectivity index (χ3v) is 3.70. The van der Waals surface area contributed by atoms with E-state index in [-0.39, 0.29) is 0 Å². The van der Waals surface area contributed by atoms with Gasteiger partial charge in [0.15, 0.2) is 11.1 Å². The van der Waals surface area contributed by atoms with E-state index in [9.17, 15) is 19.8 Å². The summed E-state index contributed by atoms with van der Waals surface area (Å²) in [6, 6.07) is 0. The molecule has 1 aliphatic rings. The van der Waals surface area contributed by atoms with Crippen LogP contribution in [0, 0.1) is 11.3 Å². The van der Waals surface area contributed by atoms with E-state index in [0.29, 0.717) is 0 Å². The summed E-state index contributed by atoms with van der Waals surface area (Å²) < 4.78 is 6.28. The predicted octanol–water partition coefficient (Wildman–Crippen LogP) is -1.25. The Morgan fingerprint density at radius 1 is 1.62 bits per heavy atom. The van der Waals surface area contributed by atoms with Gasteiger partial charge >= 0.3 is 11.4 Å². The summed E-state index contributed by atoms with van der Waals surface area (Å²) in [7, 11) is 0. The average Bonchev–Trinajstić information content (AvgIpc) is 2.64. The Bertz CT molecular complexity index is 706. The number of hydrogen-bond donors (Lipinski definition) is 3. The third-order valence-electron chi connectivity index (χ3n) is 3.10. The zero-order valence-corrected chi connectivity index (χ0v) is 12.2. The van der Waals surface area contributed by atoms with Crippen molar-refractivity contribution in [3.8, 4) is 11.3 Å². The molecule has 0 amide bonds. The van der Waals surface area contributed by atoms with Crippen molar-refractivity contribution >= 4 is 23.2 Å². The first kappa shape index (κ1) is 16.0. The molecule has 0 aromatic carbocycles. The number of hydrogen-bond acceptors (Lipinski definition) is 6. The minimum atomic E-state index is -1.78. The predicted molar refractivity (Wildman–Crippen MR) is 72.9 cm³/mol. The lowest BCUT2D eigenvalue weighted by Crippen LogP contribution is -2.45. The lowest BCUT2D eigenvalue weighted by Gasteiger charge is -2.25. The van der Waals surface area contributed by atoms with Gasteiger partial charge in [-0.05, 0) is 18.5 Å². The van der Waals surface area contributed by atoms with Gasteiger partial charge in [-0.2, -0.15) is 4.98 Å². The van der Waals surface area contributed by atoms with Crippen LogP contribution >= 0.6 is 23.2 Å². The van der Waals surface area contributed by atoms with Gasteiger partial charge in [-0.3, -0.25) is 9.55 Å². The number of aliphatic hydroxyl groups excluding tert-OH is 2.